The van der Waals surface area contributed by atoms with Gasteiger partial charge in [0.2, 0.25) is 5.78 Å². The number of nitrogens with two attached hydrogens (primary N) is 1. The number of phenols is 1. The van der Waals surface area contributed by atoms with Crippen LogP contribution in [0.4, 0.5) is 5.69 Å². The van der Waals surface area contributed by atoms with Crippen LogP contribution in [0.15, 0.2) is 65.1 Å². The molecule has 0 radical (unpaired) electrons. The average molecular weight is 548 g/mol. The molecule has 0 bridgehead atoms. The van der Waals surface area contributed by atoms with Gasteiger partial charge in [0.1, 0.15) is 29.4 Å². The minimum Gasteiger partial charge on any atom is -0.508 e. The van der Waals surface area contributed by atoms with Crippen molar-refractivity contribution in [2.75, 3.05) is 33.1 Å². The third-order valence-electron chi connectivity index (χ3n) is 8.28. The zero-order chi connectivity index (χ0) is 29.1. The number of aliphatic hydroxyl groups is 2. The number of allylic oxidation sites excluding steroid dienone is 1. The van der Waals surface area contributed by atoms with E-state index in [-0.39, 0.29) is 42.1 Å². The number of benzene rings is 2. The molecule has 0 heterocycles. The van der Waals surface area contributed by atoms with Gasteiger partial charge in [0, 0.05) is 31.3 Å². The van der Waals surface area contributed by atoms with Gasteiger partial charge in [-0.2, -0.15) is 0 Å². The van der Waals surface area contributed by atoms with E-state index in [1.54, 1.807) is 25.1 Å². The predicted molar refractivity (Wildman–Crippen MR) is 147 cm³/mol. The number of aromatic hydroxyl groups is 1. The summed E-state index contributed by atoms with van der Waals surface area (Å²) in [4.78, 5) is 43.9. The SMILES string of the molecule is CN(C)c1ccc(O)c2c1CC1CC3C(N(C)C)C(OCc4ccccc4)=C(C(N)=O)C(=O)C3(O)C(O)=C1C2=O. The highest BCUT2D eigenvalue weighted by Gasteiger charge is 2.63. The van der Waals surface area contributed by atoms with Crippen LogP contribution in [-0.2, 0) is 27.4 Å². The summed E-state index contributed by atoms with van der Waals surface area (Å²) in [6.07, 6.45) is 0.415. The normalized spacial score (nSPS) is 25.9. The van der Waals surface area contributed by atoms with Gasteiger partial charge in [-0.15, -0.1) is 0 Å². The molecule has 2 aromatic carbocycles. The Balaban J connectivity index is 1.67. The number of nitrogens with zero attached hydrogens (tertiary/aromatic N) is 2. The van der Waals surface area contributed by atoms with E-state index in [4.69, 9.17) is 10.5 Å². The minimum atomic E-state index is -2.59. The number of amides is 1. The van der Waals surface area contributed by atoms with E-state index in [0.29, 0.717) is 5.56 Å². The van der Waals surface area contributed by atoms with Crippen molar-refractivity contribution in [1.82, 2.24) is 4.90 Å². The number of hydrogen-bond acceptors (Lipinski definition) is 9. The molecule has 2 aromatic rings. The monoisotopic (exact) mass is 547 g/mol. The maximum absolute atomic E-state index is 13.9. The first-order chi connectivity index (χ1) is 18.9. The molecule has 4 unspecified atom stereocenters. The maximum atomic E-state index is 13.9. The first kappa shape index (κ1) is 27.4. The van der Waals surface area contributed by atoms with E-state index < -0.39 is 52.3 Å². The summed E-state index contributed by atoms with van der Waals surface area (Å²) in [6, 6.07) is 11.5. The zero-order valence-electron chi connectivity index (χ0n) is 22.8. The lowest BCUT2D eigenvalue weighted by molar-refractivity contribution is -0.149. The van der Waals surface area contributed by atoms with Crippen molar-refractivity contribution < 1.29 is 34.4 Å². The molecule has 5 rings (SSSR count). The van der Waals surface area contributed by atoms with Gasteiger partial charge in [-0.05, 0) is 56.1 Å². The maximum Gasteiger partial charge on any atom is 0.255 e. The third-order valence-corrected chi connectivity index (χ3v) is 8.28. The summed E-state index contributed by atoms with van der Waals surface area (Å²) in [6.45, 7) is 0.0452. The van der Waals surface area contributed by atoms with Crippen LogP contribution in [0.5, 0.6) is 5.75 Å². The fourth-order valence-corrected chi connectivity index (χ4v) is 6.52. The number of anilines is 1. The molecule has 0 saturated carbocycles. The van der Waals surface area contributed by atoms with Gasteiger partial charge in [0.25, 0.3) is 5.91 Å². The van der Waals surface area contributed by atoms with Gasteiger partial charge < -0.3 is 30.7 Å². The highest BCUT2D eigenvalue weighted by atomic mass is 16.5. The van der Waals surface area contributed by atoms with E-state index >= 15 is 0 Å². The topological polar surface area (TPSA) is 154 Å². The second-order valence-corrected chi connectivity index (χ2v) is 11.1. The minimum absolute atomic E-state index is 0.0199. The fraction of sp³-hybridized carbons (Fsp3) is 0.367. The van der Waals surface area contributed by atoms with Crippen molar-refractivity contribution in [2.24, 2.45) is 17.6 Å². The van der Waals surface area contributed by atoms with Crippen LogP contribution in [0.2, 0.25) is 0 Å². The summed E-state index contributed by atoms with van der Waals surface area (Å²) in [5, 5.41) is 34.1. The Hall–Kier alpha value is -4.15. The third kappa shape index (κ3) is 3.98. The number of ether oxygens (including phenoxy) is 1. The summed E-state index contributed by atoms with van der Waals surface area (Å²) in [5.74, 6) is -5.46. The van der Waals surface area contributed by atoms with Crippen molar-refractivity contribution in [3.8, 4) is 5.75 Å². The molecule has 0 spiro atoms. The molecule has 0 aromatic heterocycles. The number of ketones is 2. The van der Waals surface area contributed by atoms with Crippen LogP contribution in [0.25, 0.3) is 0 Å². The van der Waals surface area contributed by atoms with Crippen molar-refractivity contribution in [3.05, 3.63) is 81.8 Å². The lowest BCUT2D eigenvalue weighted by Gasteiger charge is -2.50. The molecule has 4 atom stereocenters. The number of carbonyl (C=O) groups is 3. The van der Waals surface area contributed by atoms with Gasteiger partial charge in [-0.25, -0.2) is 0 Å². The molecule has 10 nitrogen and oxygen atoms in total. The van der Waals surface area contributed by atoms with Crippen molar-refractivity contribution >= 4 is 23.2 Å². The first-order valence-corrected chi connectivity index (χ1v) is 13.0. The quantitative estimate of drug-likeness (QED) is 0.397. The van der Waals surface area contributed by atoms with Crippen LogP contribution >= 0.6 is 0 Å². The number of likely N-dealkylation sites (N-methyl/N-ethyl adjacent to an activating group) is 1. The van der Waals surface area contributed by atoms with Gasteiger partial charge in [0.15, 0.2) is 11.4 Å². The molecule has 0 fully saturated rings. The van der Waals surface area contributed by atoms with E-state index in [2.05, 4.69) is 0 Å². The van der Waals surface area contributed by atoms with Crippen molar-refractivity contribution in [2.45, 2.75) is 31.1 Å². The van der Waals surface area contributed by atoms with E-state index in [9.17, 15) is 29.7 Å². The van der Waals surface area contributed by atoms with Crippen LogP contribution in [-0.4, -0.2) is 77.5 Å². The number of phenolic OH excluding ortho intramolecular Hbond substituents is 1. The molecule has 0 saturated heterocycles. The van der Waals surface area contributed by atoms with Crippen LogP contribution in [0.1, 0.15) is 27.9 Å². The highest BCUT2D eigenvalue weighted by molar-refractivity contribution is 6.25. The van der Waals surface area contributed by atoms with Gasteiger partial charge in [-0.3, -0.25) is 19.3 Å². The number of aliphatic hydroxyl groups excluding tert-OH is 1. The summed E-state index contributed by atoms with van der Waals surface area (Å²) in [7, 11) is 7.08. The second kappa shape index (κ2) is 9.79. The Morgan fingerprint density at radius 2 is 1.75 bits per heavy atom. The van der Waals surface area contributed by atoms with Gasteiger partial charge in [-0.1, -0.05) is 30.3 Å². The van der Waals surface area contributed by atoms with Crippen molar-refractivity contribution in [3.63, 3.8) is 0 Å². The summed E-state index contributed by atoms with van der Waals surface area (Å²) >= 11 is 0. The van der Waals surface area contributed by atoms with Gasteiger partial charge >= 0.3 is 0 Å². The lowest BCUT2D eigenvalue weighted by atomic mass is 9.58. The molecular formula is C30H33N3O7. The zero-order valence-corrected chi connectivity index (χ0v) is 22.8. The molecule has 5 N–H and O–H groups in total. The number of hydrogen-bond donors (Lipinski definition) is 4. The summed E-state index contributed by atoms with van der Waals surface area (Å²) < 4.78 is 6.10. The Kier molecular flexibility index (Phi) is 6.71. The van der Waals surface area contributed by atoms with E-state index in [1.807, 2.05) is 49.3 Å². The Morgan fingerprint density at radius 1 is 1.07 bits per heavy atom. The number of fused-ring (bicyclic) bond motifs is 3. The smallest absolute Gasteiger partial charge is 0.255 e. The molecule has 1 amide bonds. The number of Topliss-reactive ketones (excluding diaryl/α,β-unsaturated/α-hetero) is 2. The Morgan fingerprint density at radius 3 is 2.35 bits per heavy atom. The second-order valence-electron chi connectivity index (χ2n) is 11.1. The largest absolute Gasteiger partial charge is 0.508 e. The molecule has 3 aliphatic carbocycles. The van der Waals surface area contributed by atoms with E-state index in [1.165, 1.54) is 6.07 Å². The Labute approximate surface area is 232 Å². The molecule has 210 valence electrons. The molecule has 3 aliphatic rings. The Bertz CT molecular complexity index is 1480. The molecule has 0 aliphatic heterocycles. The van der Waals surface area contributed by atoms with Crippen molar-refractivity contribution in [1.29, 1.82) is 0 Å². The first-order valence-electron chi connectivity index (χ1n) is 13.0. The predicted octanol–water partition coefficient (Wildman–Crippen LogP) is 1.85. The van der Waals surface area contributed by atoms with Crippen LogP contribution in [0, 0.1) is 11.8 Å². The van der Waals surface area contributed by atoms with Crippen LogP contribution < -0.4 is 10.6 Å². The average Bonchev–Trinajstić information content (AvgIpc) is 2.89. The van der Waals surface area contributed by atoms with Crippen LogP contribution in [0.3, 0.4) is 0 Å². The van der Waals surface area contributed by atoms with E-state index in [0.717, 1.165) is 11.3 Å². The molecule has 40 heavy (non-hydrogen) atoms. The molecule has 10 heteroatoms. The molecular weight excluding hydrogens is 514 g/mol. The summed E-state index contributed by atoms with van der Waals surface area (Å²) in [5.41, 5.74) is 4.57. The lowest BCUT2D eigenvalue weighted by Crippen LogP contribution is -2.64. The fourth-order valence-electron chi connectivity index (χ4n) is 6.52. The number of carbonyl (C=O) groups excluding carboxylic acids is 3. The number of primary amides is 1. The standard InChI is InChI=1S/C30H33N3O7/c1-32(2)19-10-11-20(34)22-17(19)12-16-13-18-24(33(3)4)26(40-14-15-8-6-5-7-9-15)23(29(31)38)28(37)30(18,39)27(36)21(16)25(22)35/h5-11,16,18,24,34,36,39H,12-14H2,1-4H3,(H2,31,38). The van der Waals surface area contributed by atoms with Gasteiger partial charge in [0.05, 0.1) is 11.6 Å². The number of rotatable bonds is 6. The highest BCUT2D eigenvalue weighted by Crippen LogP contribution is 2.53.